The monoisotopic (exact) mass is 318 g/mol. The van der Waals surface area contributed by atoms with Crippen molar-refractivity contribution in [3.63, 3.8) is 0 Å². The van der Waals surface area contributed by atoms with Crippen LogP contribution in [0.5, 0.6) is 0 Å². The minimum absolute atomic E-state index is 0.0665. The summed E-state index contributed by atoms with van der Waals surface area (Å²) in [6.07, 6.45) is 2.64. The molecule has 1 aromatic carbocycles. The van der Waals surface area contributed by atoms with Gasteiger partial charge in [0.1, 0.15) is 5.82 Å². The normalized spacial score (nSPS) is 19.1. The van der Waals surface area contributed by atoms with Crippen LogP contribution in [-0.2, 0) is 19.8 Å². The van der Waals surface area contributed by atoms with Crippen molar-refractivity contribution in [1.82, 2.24) is 10.2 Å². The molecule has 0 spiro atoms. The molecule has 5 nitrogen and oxygen atoms in total. The number of benzene rings is 1. The third-order valence-electron chi connectivity index (χ3n) is 4.58. The molecule has 0 radical (unpaired) electrons. The molecule has 0 unspecified atom stereocenters. The van der Waals surface area contributed by atoms with Crippen LogP contribution in [-0.4, -0.2) is 35.7 Å². The second kappa shape index (κ2) is 6.10. The zero-order valence-electron chi connectivity index (χ0n) is 12.8. The number of likely N-dealkylation sites (tertiary alicyclic amines) is 1. The van der Waals surface area contributed by atoms with Gasteiger partial charge in [-0.1, -0.05) is 12.1 Å². The molecule has 1 N–H and O–H groups in total. The molecule has 1 aliphatic carbocycles. The van der Waals surface area contributed by atoms with Crippen molar-refractivity contribution in [2.75, 3.05) is 13.1 Å². The highest BCUT2D eigenvalue weighted by atomic mass is 19.1. The van der Waals surface area contributed by atoms with Crippen LogP contribution >= 0.6 is 0 Å². The zero-order chi connectivity index (χ0) is 16.4. The van der Waals surface area contributed by atoms with E-state index in [4.69, 9.17) is 0 Å². The molecule has 1 aliphatic heterocycles. The van der Waals surface area contributed by atoms with E-state index in [1.54, 1.807) is 12.1 Å². The molecular formula is C17H19FN2O3. The Morgan fingerprint density at radius 3 is 2.30 bits per heavy atom. The Labute approximate surface area is 133 Å². The number of hydrogen-bond donors (Lipinski definition) is 1. The van der Waals surface area contributed by atoms with E-state index in [0.29, 0.717) is 32.4 Å². The van der Waals surface area contributed by atoms with Crippen molar-refractivity contribution < 1.29 is 18.8 Å². The van der Waals surface area contributed by atoms with Gasteiger partial charge in [0, 0.05) is 25.9 Å². The second-order valence-electron chi connectivity index (χ2n) is 6.14. The molecule has 1 aromatic rings. The smallest absolute Gasteiger partial charge is 0.230 e. The van der Waals surface area contributed by atoms with E-state index in [1.165, 1.54) is 17.0 Å². The SMILES string of the molecule is O=C1CCC(=O)N1CCCNC(=O)C1(c2ccc(F)cc2)CC1. The Hall–Kier alpha value is -2.24. The summed E-state index contributed by atoms with van der Waals surface area (Å²) in [7, 11) is 0. The lowest BCUT2D eigenvalue weighted by atomic mass is 9.95. The van der Waals surface area contributed by atoms with Crippen LogP contribution < -0.4 is 5.32 Å². The summed E-state index contributed by atoms with van der Waals surface area (Å²) in [6.45, 7) is 0.764. The maximum atomic E-state index is 13.0. The van der Waals surface area contributed by atoms with Crippen molar-refractivity contribution in [3.8, 4) is 0 Å². The number of amides is 3. The third kappa shape index (κ3) is 3.11. The Kier molecular flexibility index (Phi) is 4.15. The first kappa shape index (κ1) is 15.6. The van der Waals surface area contributed by atoms with E-state index in [0.717, 1.165) is 18.4 Å². The largest absolute Gasteiger partial charge is 0.355 e. The van der Waals surface area contributed by atoms with Crippen LogP contribution in [0, 0.1) is 5.82 Å². The first-order valence-corrected chi connectivity index (χ1v) is 7.90. The summed E-state index contributed by atoms with van der Waals surface area (Å²) in [5.74, 6) is -0.648. The first-order valence-electron chi connectivity index (χ1n) is 7.90. The molecule has 6 heteroatoms. The molecule has 0 bridgehead atoms. The zero-order valence-corrected chi connectivity index (χ0v) is 12.8. The number of carbonyl (C=O) groups is 3. The fraction of sp³-hybridized carbons (Fsp3) is 0.471. The van der Waals surface area contributed by atoms with Crippen molar-refractivity contribution in [2.45, 2.75) is 37.5 Å². The number of rotatable bonds is 6. The molecule has 0 atom stereocenters. The molecule has 1 heterocycles. The lowest BCUT2D eigenvalue weighted by molar-refractivity contribution is -0.138. The molecule has 3 rings (SSSR count). The Bertz CT molecular complexity index is 622. The molecule has 1 saturated carbocycles. The van der Waals surface area contributed by atoms with Gasteiger partial charge in [-0.2, -0.15) is 0 Å². The lowest BCUT2D eigenvalue weighted by Crippen LogP contribution is -2.37. The number of imide groups is 1. The van der Waals surface area contributed by atoms with Crippen LogP contribution in [0.15, 0.2) is 24.3 Å². The molecular weight excluding hydrogens is 299 g/mol. The van der Waals surface area contributed by atoms with Gasteiger partial charge < -0.3 is 5.32 Å². The van der Waals surface area contributed by atoms with Crippen LogP contribution in [0.1, 0.15) is 37.7 Å². The maximum Gasteiger partial charge on any atom is 0.230 e. The maximum absolute atomic E-state index is 13.0. The standard InChI is InChI=1S/C17H19FN2O3/c18-13-4-2-12(3-5-13)17(8-9-17)16(23)19-10-1-11-20-14(21)6-7-15(20)22/h2-5H,1,6-11H2,(H,19,23). The van der Waals surface area contributed by atoms with Gasteiger partial charge in [0.25, 0.3) is 0 Å². The predicted molar refractivity (Wildman–Crippen MR) is 80.9 cm³/mol. The van der Waals surface area contributed by atoms with Crippen molar-refractivity contribution in [1.29, 1.82) is 0 Å². The van der Waals surface area contributed by atoms with Gasteiger partial charge in [0.05, 0.1) is 5.41 Å². The van der Waals surface area contributed by atoms with Gasteiger partial charge in [0.15, 0.2) is 0 Å². The lowest BCUT2D eigenvalue weighted by Gasteiger charge is -2.17. The third-order valence-corrected chi connectivity index (χ3v) is 4.58. The molecule has 23 heavy (non-hydrogen) atoms. The van der Waals surface area contributed by atoms with Crippen molar-refractivity contribution in [2.24, 2.45) is 0 Å². The van der Waals surface area contributed by atoms with E-state index in [2.05, 4.69) is 5.32 Å². The Morgan fingerprint density at radius 2 is 1.74 bits per heavy atom. The highest BCUT2D eigenvalue weighted by Crippen LogP contribution is 2.48. The number of carbonyl (C=O) groups excluding carboxylic acids is 3. The molecule has 1 saturated heterocycles. The molecule has 0 aromatic heterocycles. The van der Waals surface area contributed by atoms with Gasteiger partial charge in [-0.05, 0) is 37.0 Å². The number of nitrogens with one attached hydrogen (secondary N) is 1. The van der Waals surface area contributed by atoms with Crippen LogP contribution in [0.25, 0.3) is 0 Å². The topological polar surface area (TPSA) is 66.5 Å². The van der Waals surface area contributed by atoms with E-state index in [9.17, 15) is 18.8 Å². The summed E-state index contributed by atoms with van der Waals surface area (Å²) < 4.78 is 13.0. The number of halogens is 1. The van der Waals surface area contributed by atoms with Crippen LogP contribution in [0.3, 0.4) is 0 Å². The minimum Gasteiger partial charge on any atom is -0.355 e. The number of hydrogen-bond acceptors (Lipinski definition) is 3. The van der Waals surface area contributed by atoms with Gasteiger partial charge in [-0.25, -0.2) is 4.39 Å². The fourth-order valence-corrected chi connectivity index (χ4v) is 3.02. The fourth-order valence-electron chi connectivity index (χ4n) is 3.02. The first-order chi connectivity index (χ1) is 11.0. The van der Waals surface area contributed by atoms with E-state index >= 15 is 0 Å². The van der Waals surface area contributed by atoms with E-state index < -0.39 is 5.41 Å². The summed E-state index contributed by atoms with van der Waals surface area (Å²) in [6, 6.07) is 6.05. The minimum atomic E-state index is -0.535. The van der Waals surface area contributed by atoms with Gasteiger partial charge in [-0.15, -0.1) is 0 Å². The highest BCUT2D eigenvalue weighted by Gasteiger charge is 2.51. The van der Waals surface area contributed by atoms with Gasteiger partial charge in [0.2, 0.25) is 17.7 Å². The highest BCUT2D eigenvalue weighted by molar-refractivity contribution is 6.01. The summed E-state index contributed by atoms with van der Waals surface area (Å²) in [5.41, 5.74) is 0.300. The molecule has 122 valence electrons. The summed E-state index contributed by atoms with van der Waals surface area (Å²) >= 11 is 0. The molecule has 2 aliphatic rings. The second-order valence-corrected chi connectivity index (χ2v) is 6.14. The van der Waals surface area contributed by atoms with E-state index in [-0.39, 0.29) is 23.5 Å². The average Bonchev–Trinajstić information content (AvgIpc) is 3.28. The average molecular weight is 318 g/mol. The summed E-state index contributed by atoms with van der Waals surface area (Å²) in [4.78, 5) is 36.6. The summed E-state index contributed by atoms with van der Waals surface area (Å²) in [5, 5.41) is 2.87. The van der Waals surface area contributed by atoms with Gasteiger partial charge in [-0.3, -0.25) is 19.3 Å². The quantitative estimate of drug-likeness (QED) is 0.639. The van der Waals surface area contributed by atoms with Crippen LogP contribution in [0.4, 0.5) is 4.39 Å². The number of nitrogens with zero attached hydrogens (tertiary/aromatic N) is 1. The van der Waals surface area contributed by atoms with Crippen LogP contribution in [0.2, 0.25) is 0 Å². The van der Waals surface area contributed by atoms with Crippen molar-refractivity contribution in [3.05, 3.63) is 35.6 Å². The Morgan fingerprint density at radius 1 is 1.13 bits per heavy atom. The van der Waals surface area contributed by atoms with E-state index in [1.807, 2.05) is 0 Å². The predicted octanol–water partition coefficient (Wildman–Crippen LogP) is 1.51. The van der Waals surface area contributed by atoms with Gasteiger partial charge >= 0.3 is 0 Å². The molecule has 2 fully saturated rings. The van der Waals surface area contributed by atoms with Crippen molar-refractivity contribution >= 4 is 17.7 Å². The Balaban J connectivity index is 1.49. The molecule has 3 amide bonds.